The average molecular weight is 402 g/mol. The van der Waals surface area contributed by atoms with Crippen LogP contribution >= 0.6 is 15.9 Å². The van der Waals surface area contributed by atoms with Gasteiger partial charge in [0.2, 0.25) is 0 Å². The standard InChI is InChI=1S/C15H8BrN5O4/c16-7-3-10-13(19-15(23)14(22)18-10)12(4-7)20-6-17-9-2-1-8(21(24)25)5-11(9)20/h1-6H,(H,18,22)(H,19,23). The lowest BCUT2D eigenvalue weighted by atomic mass is 10.2. The van der Waals surface area contributed by atoms with E-state index >= 15 is 0 Å². The van der Waals surface area contributed by atoms with Gasteiger partial charge in [-0.15, -0.1) is 0 Å². The Morgan fingerprint density at radius 2 is 1.88 bits per heavy atom. The summed E-state index contributed by atoms with van der Waals surface area (Å²) >= 11 is 3.36. The van der Waals surface area contributed by atoms with Crippen LogP contribution in [0.4, 0.5) is 5.69 Å². The van der Waals surface area contributed by atoms with Gasteiger partial charge in [0.05, 0.1) is 32.7 Å². The van der Waals surface area contributed by atoms with Gasteiger partial charge in [-0.2, -0.15) is 0 Å². The van der Waals surface area contributed by atoms with E-state index in [1.54, 1.807) is 22.8 Å². The number of hydrogen-bond acceptors (Lipinski definition) is 5. The number of nitro benzene ring substituents is 1. The highest BCUT2D eigenvalue weighted by Gasteiger charge is 2.14. The van der Waals surface area contributed by atoms with E-state index in [-0.39, 0.29) is 5.69 Å². The maximum absolute atomic E-state index is 11.7. The first-order chi connectivity index (χ1) is 11.9. The predicted molar refractivity (Wildman–Crippen MR) is 94.2 cm³/mol. The minimum absolute atomic E-state index is 0.0737. The fourth-order valence-electron chi connectivity index (χ4n) is 2.66. The third kappa shape index (κ3) is 2.43. The Bertz CT molecular complexity index is 1290. The first-order valence-corrected chi connectivity index (χ1v) is 7.81. The zero-order valence-electron chi connectivity index (χ0n) is 12.3. The van der Waals surface area contributed by atoms with Gasteiger partial charge < -0.3 is 9.97 Å². The summed E-state index contributed by atoms with van der Waals surface area (Å²) in [7, 11) is 0. The molecule has 9 nitrogen and oxygen atoms in total. The Labute approximate surface area is 146 Å². The van der Waals surface area contributed by atoms with Gasteiger partial charge in [0.1, 0.15) is 6.33 Å². The molecular weight excluding hydrogens is 394 g/mol. The van der Waals surface area contributed by atoms with Gasteiger partial charge in [0.25, 0.3) is 5.69 Å². The maximum Gasteiger partial charge on any atom is 0.314 e. The van der Waals surface area contributed by atoms with Crippen LogP contribution in [0.15, 0.2) is 50.7 Å². The molecule has 0 unspecified atom stereocenters. The largest absolute Gasteiger partial charge is 0.316 e. The molecule has 0 spiro atoms. The molecule has 2 heterocycles. The van der Waals surface area contributed by atoms with Gasteiger partial charge in [0.15, 0.2) is 0 Å². The first-order valence-electron chi connectivity index (χ1n) is 7.02. The fraction of sp³-hybridized carbons (Fsp3) is 0. The minimum Gasteiger partial charge on any atom is -0.316 e. The van der Waals surface area contributed by atoms with Crippen LogP contribution in [0, 0.1) is 10.1 Å². The van der Waals surface area contributed by atoms with Crippen molar-refractivity contribution in [3.05, 3.63) is 72.0 Å². The van der Waals surface area contributed by atoms with Gasteiger partial charge >= 0.3 is 11.1 Å². The normalized spacial score (nSPS) is 11.2. The summed E-state index contributed by atoms with van der Waals surface area (Å²) in [4.78, 5) is 43.1. The Morgan fingerprint density at radius 3 is 2.64 bits per heavy atom. The number of nitrogens with one attached hydrogen (secondary N) is 2. The van der Waals surface area contributed by atoms with Crippen LogP contribution in [-0.2, 0) is 0 Å². The molecule has 4 aromatic rings. The van der Waals surface area contributed by atoms with Crippen LogP contribution in [0.5, 0.6) is 0 Å². The number of H-pyrrole nitrogens is 2. The van der Waals surface area contributed by atoms with Crippen molar-refractivity contribution in [2.24, 2.45) is 0 Å². The highest BCUT2D eigenvalue weighted by molar-refractivity contribution is 9.10. The quantitative estimate of drug-likeness (QED) is 0.302. The van der Waals surface area contributed by atoms with E-state index in [1.807, 2.05) is 0 Å². The van der Waals surface area contributed by atoms with E-state index in [4.69, 9.17) is 0 Å². The molecule has 2 aromatic heterocycles. The summed E-state index contributed by atoms with van der Waals surface area (Å²) in [6.07, 6.45) is 1.50. The lowest BCUT2D eigenvalue weighted by Gasteiger charge is -2.09. The van der Waals surface area contributed by atoms with E-state index in [2.05, 4.69) is 30.9 Å². The van der Waals surface area contributed by atoms with E-state index in [9.17, 15) is 19.7 Å². The van der Waals surface area contributed by atoms with Crippen LogP contribution in [0.2, 0.25) is 0 Å². The third-order valence-corrected chi connectivity index (χ3v) is 4.23. The summed E-state index contributed by atoms with van der Waals surface area (Å²) in [5.41, 5.74) is 0.760. The molecule has 124 valence electrons. The zero-order chi connectivity index (χ0) is 17.7. The number of hydrogen-bond donors (Lipinski definition) is 2. The van der Waals surface area contributed by atoms with Gasteiger partial charge in [-0.3, -0.25) is 24.3 Å². The van der Waals surface area contributed by atoms with E-state index in [0.29, 0.717) is 32.2 Å². The number of aromatic amines is 2. The second-order valence-electron chi connectivity index (χ2n) is 5.30. The SMILES string of the molecule is O=c1[nH]c2cc(Br)cc(-n3cnc4ccc([N+](=O)[O-])cc43)c2[nH]c1=O. The number of fused-ring (bicyclic) bond motifs is 2. The van der Waals surface area contributed by atoms with Crippen molar-refractivity contribution in [2.75, 3.05) is 0 Å². The Balaban J connectivity index is 2.11. The highest BCUT2D eigenvalue weighted by Crippen LogP contribution is 2.28. The van der Waals surface area contributed by atoms with Crippen LogP contribution in [0.25, 0.3) is 27.8 Å². The molecule has 0 aliphatic rings. The molecule has 0 bridgehead atoms. The molecule has 0 radical (unpaired) electrons. The fourth-order valence-corrected chi connectivity index (χ4v) is 3.11. The lowest BCUT2D eigenvalue weighted by Crippen LogP contribution is -2.29. The number of nitro groups is 1. The molecule has 2 aromatic carbocycles. The topological polar surface area (TPSA) is 127 Å². The highest BCUT2D eigenvalue weighted by atomic mass is 79.9. The second kappa shape index (κ2) is 5.38. The lowest BCUT2D eigenvalue weighted by molar-refractivity contribution is -0.384. The Kier molecular flexibility index (Phi) is 3.29. The van der Waals surface area contributed by atoms with Crippen LogP contribution < -0.4 is 11.1 Å². The van der Waals surface area contributed by atoms with Gasteiger partial charge in [0, 0.05) is 16.6 Å². The van der Waals surface area contributed by atoms with Crippen molar-refractivity contribution in [2.45, 2.75) is 0 Å². The second-order valence-corrected chi connectivity index (χ2v) is 6.22. The Morgan fingerprint density at radius 1 is 1.12 bits per heavy atom. The van der Waals surface area contributed by atoms with Crippen LogP contribution in [-0.4, -0.2) is 24.4 Å². The number of aromatic nitrogens is 4. The maximum atomic E-state index is 11.7. The minimum atomic E-state index is -0.786. The van der Waals surface area contributed by atoms with Gasteiger partial charge in [-0.05, 0) is 18.2 Å². The van der Waals surface area contributed by atoms with Crippen molar-refractivity contribution in [3.63, 3.8) is 0 Å². The number of halogens is 1. The predicted octanol–water partition coefficient (Wildman–Crippen LogP) is 2.23. The monoisotopic (exact) mass is 401 g/mol. The van der Waals surface area contributed by atoms with E-state index in [0.717, 1.165) is 0 Å². The zero-order valence-corrected chi connectivity index (χ0v) is 13.9. The van der Waals surface area contributed by atoms with Crippen molar-refractivity contribution < 1.29 is 4.92 Å². The molecule has 2 N–H and O–H groups in total. The summed E-state index contributed by atoms with van der Waals surface area (Å²) < 4.78 is 2.27. The van der Waals surface area contributed by atoms with Crippen LogP contribution in [0.1, 0.15) is 0 Å². The summed E-state index contributed by atoms with van der Waals surface area (Å²) in [5, 5.41) is 11.0. The molecule has 0 aliphatic heterocycles. The molecular formula is C15H8BrN5O4. The number of benzene rings is 2. The third-order valence-electron chi connectivity index (χ3n) is 3.78. The molecule has 25 heavy (non-hydrogen) atoms. The molecule has 10 heteroatoms. The van der Waals surface area contributed by atoms with E-state index in [1.165, 1.54) is 18.5 Å². The van der Waals surface area contributed by atoms with Crippen molar-refractivity contribution in [1.29, 1.82) is 0 Å². The van der Waals surface area contributed by atoms with Gasteiger partial charge in [-0.1, -0.05) is 15.9 Å². The number of nitrogens with zero attached hydrogens (tertiary/aromatic N) is 3. The summed E-state index contributed by atoms with van der Waals surface area (Å²) in [6.45, 7) is 0. The van der Waals surface area contributed by atoms with E-state index < -0.39 is 16.0 Å². The first kappa shape index (κ1) is 15.3. The molecule has 0 fully saturated rings. The van der Waals surface area contributed by atoms with Crippen molar-refractivity contribution in [3.8, 4) is 5.69 Å². The average Bonchev–Trinajstić information content (AvgIpc) is 2.98. The molecule has 4 rings (SSSR count). The van der Waals surface area contributed by atoms with Crippen molar-refractivity contribution in [1.82, 2.24) is 19.5 Å². The number of non-ortho nitro benzene ring substituents is 1. The number of rotatable bonds is 2. The molecule has 0 saturated carbocycles. The van der Waals surface area contributed by atoms with Crippen LogP contribution in [0.3, 0.4) is 0 Å². The molecule has 0 saturated heterocycles. The summed E-state index contributed by atoms with van der Waals surface area (Å²) in [5.74, 6) is 0. The smallest absolute Gasteiger partial charge is 0.314 e. The summed E-state index contributed by atoms with van der Waals surface area (Å²) in [6, 6.07) is 7.69. The molecule has 0 aliphatic carbocycles. The number of imidazole rings is 1. The Hall–Kier alpha value is -3.27. The van der Waals surface area contributed by atoms with Gasteiger partial charge in [-0.25, -0.2) is 4.98 Å². The molecule has 0 amide bonds. The van der Waals surface area contributed by atoms with Crippen molar-refractivity contribution >= 4 is 43.7 Å². The molecule has 0 atom stereocenters.